The minimum Gasteiger partial charge on any atom is -0.494 e. The molecule has 3 heterocycles. The fraction of sp³-hybridized carbons (Fsp3) is 0.429. The van der Waals surface area contributed by atoms with Crippen LogP contribution in [0.4, 0.5) is 11.6 Å². The molecular weight excluding hydrogens is 370 g/mol. The third-order valence-corrected chi connectivity index (χ3v) is 5.45. The smallest absolute Gasteiger partial charge is 0.292 e. The molecule has 8 heteroatoms. The Hall–Kier alpha value is -3.00. The average molecular weight is 396 g/mol. The summed E-state index contributed by atoms with van der Waals surface area (Å²) in [6.45, 7) is 5.78. The Balaban J connectivity index is 1.39. The standard InChI is InChI=1S/C21H25N5O3/c1-2-14-29-17-6-4-16(5-7-17)26-19(27)15-18(20(26)28)24-10-12-25(13-11-24)21-22-8-3-9-23-21/h3-9,18H,2,10-15H2,1H3/p+1/t18-/m1/s1. The van der Waals surface area contributed by atoms with Crippen LogP contribution in [0.15, 0.2) is 42.7 Å². The number of nitrogens with zero attached hydrogens (tertiary/aromatic N) is 4. The lowest BCUT2D eigenvalue weighted by Gasteiger charge is -2.34. The van der Waals surface area contributed by atoms with Gasteiger partial charge in [-0.15, -0.1) is 0 Å². The fourth-order valence-electron chi connectivity index (χ4n) is 3.93. The highest BCUT2D eigenvalue weighted by molar-refractivity contribution is 6.21. The van der Waals surface area contributed by atoms with Gasteiger partial charge in [-0.05, 0) is 36.8 Å². The summed E-state index contributed by atoms with van der Waals surface area (Å²) in [6.07, 6.45) is 4.65. The maximum Gasteiger partial charge on any atom is 0.292 e. The first-order valence-corrected chi connectivity index (χ1v) is 10.1. The molecule has 29 heavy (non-hydrogen) atoms. The second-order valence-electron chi connectivity index (χ2n) is 7.36. The van der Waals surface area contributed by atoms with Gasteiger partial charge in [0.15, 0.2) is 6.04 Å². The molecule has 2 saturated heterocycles. The molecule has 1 atom stereocenters. The SMILES string of the molecule is CCCOc1ccc(N2C(=O)C[C@@H]([NH+]3CCN(c4ncccn4)CC3)C2=O)cc1. The number of carbonyl (C=O) groups excluding carboxylic acids is 2. The van der Waals surface area contributed by atoms with Gasteiger partial charge in [0.25, 0.3) is 5.91 Å². The molecule has 0 spiro atoms. The number of quaternary nitrogens is 1. The Labute approximate surface area is 170 Å². The predicted octanol–water partition coefficient (Wildman–Crippen LogP) is 0.302. The number of carbonyl (C=O) groups is 2. The van der Waals surface area contributed by atoms with E-state index in [1.807, 2.05) is 19.1 Å². The maximum absolute atomic E-state index is 13.0. The zero-order valence-corrected chi connectivity index (χ0v) is 16.6. The second-order valence-corrected chi connectivity index (χ2v) is 7.36. The van der Waals surface area contributed by atoms with E-state index in [2.05, 4.69) is 14.9 Å². The molecule has 2 aromatic rings. The molecular formula is C21H26N5O3+. The van der Waals surface area contributed by atoms with Crippen LogP contribution in [0.25, 0.3) is 0 Å². The molecule has 2 amide bonds. The topological polar surface area (TPSA) is 80.1 Å². The van der Waals surface area contributed by atoms with Gasteiger partial charge in [-0.25, -0.2) is 14.9 Å². The van der Waals surface area contributed by atoms with Crippen molar-refractivity contribution in [1.82, 2.24) is 9.97 Å². The lowest BCUT2D eigenvalue weighted by molar-refractivity contribution is -0.915. The van der Waals surface area contributed by atoms with Crippen molar-refractivity contribution >= 4 is 23.5 Å². The number of benzene rings is 1. The highest BCUT2D eigenvalue weighted by Crippen LogP contribution is 2.24. The number of ether oxygens (including phenoxy) is 1. The van der Waals surface area contributed by atoms with Crippen molar-refractivity contribution in [2.24, 2.45) is 0 Å². The minimum absolute atomic E-state index is 0.114. The van der Waals surface area contributed by atoms with Crippen LogP contribution in [-0.4, -0.2) is 60.6 Å². The summed E-state index contributed by atoms with van der Waals surface area (Å²) in [7, 11) is 0. The van der Waals surface area contributed by atoms with Crippen molar-refractivity contribution in [1.29, 1.82) is 0 Å². The molecule has 0 radical (unpaired) electrons. The van der Waals surface area contributed by atoms with E-state index in [0.717, 1.165) is 43.2 Å². The van der Waals surface area contributed by atoms with Gasteiger partial charge in [-0.3, -0.25) is 9.59 Å². The van der Waals surface area contributed by atoms with Crippen molar-refractivity contribution < 1.29 is 19.2 Å². The monoisotopic (exact) mass is 396 g/mol. The van der Waals surface area contributed by atoms with Crippen LogP contribution < -0.4 is 19.4 Å². The highest BCUT2D eigenvalue weighted by atomic mass is 16.5. The van der Waals surface area contributed by atoms with Gasteiger partial charge >= 0.3 is 0 Å². The molecule has 2 fully saturated rings. The minimum atomic E-state index is -0.322. The van der Waals surface area contributed by atoms with Gasteiger partial charge in [0.05, 0.1) is 44.9 Å². The third kappa shape index (κ3) is 4.07. The Bertz CT molecular complexity index is 850. The van der Waals surface area contributed by atoms with Crippen LogP contribution in [-0.2, 0) is 9.59 Å². The fourth-order valence-corrected chi connectivity index (χ4v) is 3.93. The molecule has 8 nitrogen and oxygen atoms in total. The largest absolute Gasteiger partial charge is 0.494 e. The molecule has 152 valence electrons. The number of hydrogen-bond donors (Lipinski definition) is 1. The Morgan fingerprint density at radius 3 is 2.45 bits per heavy atom. The number of nitrogens with one attached hydrogen (secondary N) is 1. The summed E-state index contributed by atoms with van der Waals surface area (Å²) in [5.74, 6) is 1.21. The van der Waals surface area contributed by atoms with Crippen LogP contribution in [0.1, 0.15) is 19.8 Å². The van der Waals surface area contributed by atoms with Gasteiger partial charge in [-0.2, -0.15) is 0 Å². The Morgan fingerprint density at radius 2 is 1.79 bits per heavy atom. The quantitative estimate of drug-likeness (QED) is 0.708. The summed E-state index contributed by atoms with van der Waals surface area (Å²) in [4.78, 5) is 38.8. The van der Waals surface area contributed by atoms with Crippen molar-refractivity contribution in [3.63, 3.8) is 0 Å². The van der Waals surface area contributed by atoms with Crippen molar-refractivity contribution in [2.75, 3.05) is 42.6 Å². The Morgan fingerprint density at radius 1 is 1.10 bits per heavy atom. The number of hydrogen-bond acceptors (Lipinski definition) is 6. The third-order valence-electron chi connectivity index (χ3n) is 5.45. The summed E-state index contributed by atoms with van der Waals surface area (Å²) >= 11 is 0. The van der Waals surface area contributed by atoms with E-state index in [9.17, 15) is 9.59 Å². The summed E-state index contributed by atoms with van der Waals surface area (Å²) in [6, 6.07) is 8.66. The zero-order valence-electron chi connectivity index (χ0n) is 16.6. The van der Waals surface area contributed by atoms with Gasteiger partial charge in [0, 0.05) is 12.4 Å². The van der Waals surface area contributed by atoms with Crippen LogP contribution in [0.5, 0.6) is 5.75 Å². The van der Waals surface area contributed by atoms with Crippen LogP contribution in [0.2, 0.25) is 0 Å². The molecule has 0 aliphatic carbocycles. The van der Waals surface area contributed by atoms with E-state index < -0.39 is 0 Å². The molecule has 1 N–H and O–H groups in total. The summed E-state index contributed by atoms with van der Waals surface area (Å²) in [5.41, 5.74) is 0.613. The van der Waals surface area contributed by atoms with Crippen molar-refractivity contribution in [3.8, 4) is 5.75 Å². The number of piperazine rings is 1. The molecule has 2 aliphatic rings. The molecule has 4 rings (SSSR count). The highest BCUT2D eigenvalue weighted by Gasteiger charge is 2.46. The first-order valence-electron chi connectivity index (χ1n) is 10.1. The van der Waals surface area contributed by atoms with Gasteiger partial charge in [0.1, 0.15) is 5.75 Å². The number of amides is 2. The van der Waals surface area contributed by atoms with Crippen LogP contribution in [0.3, 0.4) is 0 Å². The lowest BCUT2D eigenvalue weighted by atomic mass is 10.2. The van der Waals surface area contributed by atoms with Gasteiger partial charge < -0.3 is 14.5 Å². The molecule has 0 bridgehead atoms. The van der Waals surface area contributed by atoms with Crippen molar-refractivity contribution in [3.05, 3.63) is 42.7 Å². The van der Waals surface area contributed by atoms with Gasteiger partial charge in [-0.1, -0.05) is 6.92 Å². The number of anilines is 2. The predicted molar refractivity (Wildman–Crippen MR) is 108 cm³/mol. The van der Waals surface area contributed by atoms with Crippen LogP contribution in [0, 0.1) is 0 Å². The lowest BCUT2D eigenvalue weighted by Crippen LogP contribution is -3.19. The number of rotatable bonds is 6. The van der Waals surface area contributed by atoms with Crippen molar-refractivity contribution in [2.45, 2.75) is 25.8 Å². The first-order chi connectivity index (χ1) is 14.2. The molecule has 0 saturated carbocycles. The maximum atomic E-state index is 13.0. The van der Waals surface area contributed by atoms with E-state index in [1.54, 1.807) is 30.6 Å². The van der Waals surface area contributed by atoms with Crippen LogP contribution >= 0.6 is 0 Å². The average Bonchev–Trinajstić information content (AvgIpc) is 3.07. The van der Waals surface area contributed by atoms with E-state index in [-0.39, 0.29) is 24.3 Å². The molecule has 1 aromatic heterocycles. The Kier molecular flexibility index (Phi) is 5.71. The van der Waals surface area contributed by atoms with E-state index in [4.69, 9.17) is 4.74 Å². The second kappa shape index (κ2) is 8.57. The number of imide groups is 1. The van der Waals surface area contributed by atoms with E-state index in [0.29, 0.717) is 18.2 Å². The molecule has 2 aliphatic heterocycles. The molecule has 0 unspecified atom stereocenters. The summed E-state index contributed by atoms with van der Waals surface area (Å²) in [5, 5.41) is 0. The van der Waals surface area contributed by atoms with E-state index >= 15 is 0 Å². The summed E-state index contributed by atoms with van der Waals surface area (Å²) < 4.78 is 5.58. The number of aromatic nitrogens is 2. The first kappa shape index (κ1) is 19.3. The zero-order chi connectivity index (χ0) is 20.2. The van der Waals surface area contributed by atoms with Gasteiger partial charge in [0.2, 0.25) is 11.9 Å². The molecule has 1 aromatic carbocycles. The normalized spacial score (nSPS) is 20.4. The van der Waals surface area contributed by atoms with E-state index in [1.165, 1.54) is 4.90 Å².